The molecule has 0 saturated heterocycles. The quantitative estimate of drug-likeness (QED) is 0.831. The molecule has 1 aromatic rings. The highest BCUT2D eigenvalue weighted by molar-refractivity contribution is 5.55. The molecule has 0 unspecified atom stereocenters. The molecule has 2 nitrogen and oxygen atoms in total. The summed E-state index contributed by atoms with van der Waals surface area (Å²) in [7, 11) is 1.99. The first-order valence-corrected chi connectivity index (χ1v) is 5.21. The predicted molar refractivity (Wildman–Crippen MR) is 62.5 cm³/mol. The van der Waals surface area contributed by atoms with Crippen LogP contribution in [0.4, 0.5) is 10.1 Å². The van der Waals surface area contributed by atoms with Gasteiger partial charge >= 0.3 is 0 Å². The smallest absolute Gasteiger partial charge is 0.123 e. The van der Waals surface area contributed by atoms with Gasteiger partial charge in [-0.25, -0.2) is 4.39 Å². The van der Waals surface area contributed by atoms with Crippen LogP contribution in [0.5, 0.6) is 0 Å². The van der Waals surface area contributed by atoms with Crippen LogP contribution in [0, 0.1) is 5.82 Å². The first kappa shape index (κ1) is 12.0. The van der Waals surface area contributed by atoms with Crippen LogP contribution in [0.25, 0.3) is 0 Å². The molecule has 0 aliphatic rings. The summed E-state index contributed by atoms with van der Waals surface area (Å²) < 4.78 is 13.1. The maximum atomic E-state index is 13.1. The van der Waals surface area contributed by atoms with Crippen LogP contribution >= 0.6 is 0 Å². The first-order valence-electron chi connectivity index (χ1n) is 5.21. The van der Waals surface area contributed by atoms with Crippen LogP contribution in [-0.4, -0.2) is 13.1 Å². The highest BCUT2D eigenvalue weighted by Gasteiger charge is 2.13. The molecule has 0 aromatic heterocycles. The molecular formula is C12H19FN2. The molecule has 0 aliphatic heterocycles. The fraction of sp³-hybridized carbons (Fsp3) is 0.500. The van der Waals surface area contributed by atoms with Crippen molar-refractivity contribution >= 4 is 5.69 Å². The monoisotopic (exact) mass is 210 g/mol. The first-order chi connectivity index (χ1) is 6.93. The normalized spacial score (nSPS) is 13.0. The minimum Gasteiger partial charge on any atom is -0.372 e. The summed E-state index contributed by atoms with van der Waals surface area (Å²) in [5, 5.41) is 0. The molecule has 84 valence electrons. The summed E-state index contributed by atoms with van der Waals surface area (Å²) in [6.07, 6.45) is 0. The highest BCUT2D eigenvalue weighted by atomic mass is 19.1. The number of nitrogens with zero attached hydrogens (tertiary/aromatic N) is 1. The SMILES string of the molecule is CC(C)N(C)c1ccc(F)cc1[C@@H](C)N. The largest absolute Gasteiger partial charge is 0.372 e. The fourth-order valence-electron chi connectivity index (χ4n) is 1.49. The van der Waals surface area contributed by atoms with E-state index in [9.17, 15) is 4.39 Å². The molecule has 0 fully saturated rings. The van der Waals surface area contributed by atoms with Gasteiger partial charge in [0.2, 0.25) is 0 Å². The summed E-state index contributed by atoms with van der Waals surface area (Å²) >= 11 is 0. The lowest BCUT2D eigenvalue weighted by Gasteiger charge is -2.27. The maximum Gasteiger partial charge on any atom is 0.123 e. The van der Waals surface area contributed by atoms with Crippen molar-refractivity contribution in [1.29, 1.82) is 0 Å². The fourth-order valence-corrected chi connectivity index (χ4v) is 1.49. The Balaban J connectivity index is 3.16. The number of anilines is 1. The Labute approximate surface area is 90.9 Å². The summed E-state index contributed by atoms with van der Waals surface area (Å²) in [6, 6.07) is 4.98. The van der Waals surface area contributed by atoms with Crippen molar-refractivity contribution in [3.8, 4) is 0 Å². The minimum atomic E-state index is -0.233. The molecule has 0 saturated carbocycles. The van der Waals surface area contributed by atoms with Crippen LogP contribution in [0.2, 0.25) is 0 Å². The summed E-state index contributed by atoms with van der Waals surface area (Å²) in [4.78, 5) is 2.10. The van der Waals surface area contributed by atoms with Crippen molar-refractivity contribution in [3.63, 3.8) is 0 Å². The molecule has 3 heteroatoms. The van der Waals surface area contributed by atoms with Gasteiger partial charge in [0.1, 0.15) is 5.82 Å². The topological polar surface area (TPSA) is 29.3 Å². The van der Waals surface area contributed by atoms with Gasteiger partial charge < -0.3 is 10.6 Å². The molecule has 1 aromatic carbocycles. The van der Waals surface area contributed by atoms with Crippen molar-refractivity contribution in [2.75, 3.05) is 11.9 Å². The average Bonchev–Trinajstić information content (AvgIpc) is 2.16. The average molecular weight is 210 g/mol. The third-order valence-corrected chi connectivity index (χ3v) is 2.63. The van der Waals surface area contributed by atoms with E-state index in [1.807, 2.05) is 14.0 Å². The molecule has 0 spiro atoms. The van der Waals surface area contributed by atoms with E-state index in [4.69, 9.17) is 5.73 Å². The third-order valence-electron chi connectivity index (χ3n) is 2.63. The lowest BCUT2D eigenvalue weighted by Crippen LogP contribution is -2.27. The number of halogens is 1. The van der Waals surface area contributed by atoms with Gasteiger partial charge in [-0.2, -0.15) is 0 Å². The van der Waals surface area contributed by atoms with E-state index in [2.05, 4.69) is 18.7 Å². The van der Waals surface area contributed by atoms with Crippen molar-refractivity contribution in [2.45, 2.75) is 32.9 Å². The van der Waals surface area contributed by atoms with E-state index in [1.165, 1.54) is 12.1 Å². The van der Waals surface area contributed by atoms with Crippen LogP contribution in [0.3, 0.4) is 0 Å². The van der Waals surface area contributed by atoms with Crippen LogP contribution < -0.4 is 10.6 Å². The highest BCUT2D eigenvalue weighted by Crippen LogP contribution is 2.26. The van der Waals surface area contributed by atoms with Crippen molar-refractivity contribution in [3.05, 3.63) is 29.6 Å². The molecule has 0 radical (unpaired) electrons. The van der Waals surface area contributed by atoms with Crippen LogP contribution in [0.15, 0.2) is 18.2 Å². The van der Waals surface area contributed by atoms with Crippen LogP contribution in [-0.2, 0) is 0 Å². The Morgan fingerprint density at radius 2 is 1.87 bits per heavy atom. The molecule has 0 bridgehead atoms. The van der Waals surface area contributed by atoms with Gasteiger partial charge in [-0.3, -0.25) is 0 Å². The number of hydrogen-bond acceptors (Lipinski definition) is 2. The van der Waals surface area contributed by atoms with Gasteiger partial charge in [-0.15, -0.1) is 0 Å². The Morgan fingerprint density at radius 3 is 2.33 bits per heavy atom. The van der Waals surface area contributed by atoms with Gasteiger partial charge in [-0.05, 0) is 44.5 Å². The van der Waals surface area contributed by atoms with Gasteiger partial charge in [-0.1, -0.05) is 0 Å². The molecule has 0 amide bonds. The van der Waals surface area contributed by atoms with Gasteiger partial charge in [0, 0.05) is 24.8 Å². The second-order valence-corrected chi connectivity index (χ2v) is 4.20. The molecule has 2 N–H and O–H groups in total. The second kappa shape index (κ2) is 4.62. The Kier molecular flexibility index (Phi) is 3.69. The second-order valence-electron chi connectivity index (χ2n) is 4.20. The molecule has 1 atom stereocenters. The third kappa shape index (κ3) is 2.69. The molecule has 0 heterocycles. The molecule has 0 aliphatic carbocycles. The zero-order valence-corrected chi connectivity index (χ0v) is 9.79. The Hall–Kier alpha value is -1.09. The van der Waals surface area contributed by atoms with Gasteiger partial charge in [0.05, 0.1) is 0 Å². The predicted octanol–water partition coefficient (Wildman–Crippen LogP) is 2.69. The van der Waals surface area contributed by atoms with Crippen LogP contribution in [0.1, 0.15) is 32.4 Å². The van der Waals surface area contributed by atoms with Crippen molar-refractivity contribution < 1.29 is 4.39 Å². The minimum absolute atomic E-state index is 0.156. The Bertz CT molecular complexity index is 334. The maximum absolute atomic E-state index is 13.1. The Morgan fingerprint density at radius 1 is 1.27 bits per heavy atom. The summed E-state index contributed by atoms with van der Waals surface area (Å²) in [6.45, 7) is 6.05. The van der Waals surface area contributed by atoms with Gasteiger partial charge in [0.25, 0.3) is 0 Å². The van der Waals surface area contributed by atoms with E-state index < -0.39 is 0 Å². The molecular weight excluding hydrogens is 191 g/mol. The zero-order valence-electron chi connectivity index (χ0n) is 9.79. The van der Waals surface area contributed by atoms with Gasteiger partial charge in [0.15, 0.2) is 0 Å². The summed E-state index contributed by atoms with van der Waals surface area (Å²) in [5.74, 6) is -0.233. The van der Waals surface area contributed by atoms with E-state index >= 15 is 0 Å². The van der Waals surface area contributed by atoms with Crippen molar-refractivity contribution in [2.24, 2.45) is 5.73 Å². The lowest BCUT2D eigenvalue weighted by molar-refractivity contribution is 0.620. The number of nitrogens with two attached hydrogens (primary N) is 1. The number of benzene rings is 1. The molecule has 15 heavy (non-hydrogen) atoms. The van der Waals surface area contributed by atoms with E-state index in [1.54, 1.807) is 6.07 Å². The lowest BCUT2D eigenvalue weighted by atomic mass is 10.1. The molecule has 1 rings (SSSR count). The van der Waals surface area contributed by atoms with Crippen molar-refractivity contribution in [1.82, 2.24) is 0 Å². The number of hydrogen-bond donors (Lipinski definition) is 1. The van der Waals surface area contributed by atoms with E-state index in [0.717, 1.165) is 11.3 Å². The summed E-state index contributed by atoms with van der Waals surface area (Å²) in [5.41, 5.74) is 7.68. The standard InChI is InChI=1S/C12H19FN2/c1-8(2)15(4)12-6-5-10(13)7-11(12)9(3)14/h5-9H,14H2,1-4H3/t9-/m1/s1. The zero-order chi connectivity index (χ0) is 11.6. The number of rotatable bonds is 3. The van der Waals surface area contributed by atoms with E-state index in [-0.39, 0.29) is 11.9 Å². The van der Waals surface area contributed by atoms with E-state index in [0.29, 0.717) is 6.04 Å².